The molecule has 1 N–H and O–H groups in total. The number of hydrogen-bond acceptors (Lipinski definition) is 1. The predicted molar refractivity (Wildman–Crippen MR) is 70.7 cm³/mol. The van der Waals surface area contributed by atoms with Gasteiger partial charge in [0.2, 0.25) is 0 Å². The second kappa shape index (κ2) is 3.73. The van der Waals surface area contributed by atoms with Gasteiger partial charge in [-0.15, -0.1) is 0 Å². The fourth-order valence-corrected chi connectivity index (χ4v) is 5.54. The molecule has 17 heavy (non-hydrogen) atoms. The molecule has 98 valence electrons. The second-order valence-corrected chi connectivity index (χ2v) is 7.80. The molecule has 0 aliphatic heterocycles. The summed E-state index contributed by atoms with van der Waals surface area (Å²) in [5.41, 5.74) is 1.10. The first-order valence-electron chi connectivity index (χ1n) is 7.63. The third kappa shape index (κ3) is 1.54. The van der Waals surface area contributed by atoms with Crippen LogP contribution in [-0.4, -0.2) is 11.2 Å². The minimum atomic E-state index is -0.000381. The van der Waals surface area contributed by atoms with Crippen LogP contribution in [0, 0.1) is 28.6 Å². The Labute approximate surface area is 106 Å². The Bertz CT molecular complexity index is 309. The molecule has 3 saturated carbocycles. The van der Waals surface area contributed by atoms with Crippen molar-refractivity contribution in [3.05, 3.63) is 0 Å². The fourth-order valence-electron chi connectivity index (χ4n) is 5.54. The summed E-state index contributed by atoms with van der Waals surface area (Å²) in [7, 11) is 0. The maximum absolute atomic E-state index is 9.92. The molecule has 1 nitrogen and oxygen atoms in total. The lowest BCUT2D eigenvalue weighted by molar-refractivity contribution is 0.0168. The fraction of sp³-hybridized carbons (Fsp3) is 1.00. The van der Waals surface area contributed by atoms with Crippen molar-refractivity contribution in [2.24, 2.45) is 28.6 Å². The maximum atomic E-state index is 9.92. The molecule has 0 aromatic carbocycles. The molecule has 2 bridgehead atoms. The van der Waals surface area contributed by atoms with Crippen LogP contribution in [0.4, 0.5) is 0 Å². The van der Waals surface area contributed by atoms with E-state index < -0.39 is 0 Å². The number of rotatable bonds is 1. The highest BCUT2D eigenvalue weighted by molar-refractivity contribution is 5.11. The van der Waals surface area contributed by atoms with Gasteiger partial charge in [0.15, 0.2) is 0 Å². The summed E-state index contributed by atoms with van der Waals surface area (Å²) in [6.45, 7) is 7.56. The quantitative estimate of drug-likeness (QED) is 0.729. The summed E-state index contributed by atoms with van der Waals surface area (Å²) in [5.74, 6) is 2.66. The Kier molecular flexibility index (Phi) is 2.63. The molecule has 3 rings (SSSR count). The van der Waals surface area contributed by atoms with E-state index in [9.17, 15) is 5.11 Å². The Morgan fingerprint density at radius 3 is 2.29 bits per heavy atom. The highest BCUT2D eigenvalue weighted by Crippen LogP contribution is 2.70. The molecule has 0 aromatic heterocycles. The van der Waals surface area contributed by atoms with Crippen molar-refractivity contribution in [1.82, 2.24) is 0 Å². The van der Waals surface area contributed by atoms with E-state index in [1.54, 1.807) is 0 Å². The topological polar surface area (TPSA) is 20.2 Å². The monoisotopic (exact) mass is 236 g/mol. The predicted octanol–water partition coefficient (Wildman–Crippen LogP) is 4.00. The molecule has 0 spiro atoms. The molecule has 0 heterocycles. The number of hydrogen-bond donors (Lipinski definition) is 1. The van der Waals surface area contributed by atoms with Gasteiger partial charge in [-0.1, -0.05) is 27.2 Å². The van der Waals surface area contributed by atoms with Crippen LogP contribution in [0.2, 0.25) is 0 Å². The van der Waals surface area contributed by atoms with E-state index in [-0.39, 0.29) is 6.10 Å². The van der Waals surface area contributed by atoms with E-state index in [1.807, 2.05) is 0 Å². The van der Waals surface area contributed by atoms with E-state index in [1.165, 1.54) is 32.1 Å². The largest absolute Gasteiger partial charge is 0.393 e. The number of aliphatic hydroxyl groups is 1. The van der Waals surface area contributed by atoms with Crippen LogP contribution in [0.5, 0.6) is 0 Å². The third-order valence-corrected chi connectivity index (χ3v) is 7.12. The minimum absolute atomic E-state index is 0.000381. The van der Waals surface area contributed by atoms with E-state index in [0.29, 0.717) is 10.8 Å². The standard InChI is InChI=1S/C16H28O/c1-15(2)12-7-8-16(15,3)14(10-12)11-5-4-6-13(17)9-11/h11-14,17H,4-10H2,1-3H3/t11-,12-,13-,14-,16+/m1/s1. The van der Waals surface area contributed by atoms with Crippen molar-refractivity contribution in [1.29, 1.82) is 0 Å². The Balaban J connectivity index is 1.82. The highest BCUT2D eigenvalue weighted by Gasteiger charge is 2.62. The summed E-state index contributed by atoms with van der Waals surface area (Å²) < 4.78 is 0. The van der Waals surface area contributed by atoms with Gasteiger partial charge in [-0.2, -0.15) is 0 Å². The van der Waals surface area contributed by atoms with Gasteiger partial charge in [-0.25, -0.2) is 0 Å². The molecule has 0 amide bonds. The summed E-state index contributed by atoms with van der Waals surface area (Å²) in [6.07, 6.45) is 9.09. The molecular formula is C16H28O. The van der Waals surface area contributed by atoms with Crippen LogP contribution < -0.4 is 0 Å². The van der Waals surface area contributed by atoms with Crippen LogP contribution in [0.15, 0.2) is 0 Å². The molecule has 0 radical (unpaired) electrons. The van der Waals surface area contributed by atoms with E-state index in [4.69, 9.17) is 0 Å². The van der Waals surface area contributed by atoms with Gasteiger partial charge in [0, 0.05) is 0 Å². The molecule has 3 fully saturated rings. The van der Waals surface area contributed by atoms with E-state index >= 15 is 0 Å². The first kappa shape index (κ1) is 12.0. The van der Waals surface area contributed by atoms with Crippen LogP contribution in [0.25, 0.3) is 0 Å². The van der Waals surface area contributed by atoms with Gasteiger partial charge in [-0.05, 0) is 67.1 Å². The van der Waals surface area contributed by atoms with Gasteiger partial charge >= 0.3 is 0 Å². The molecule has 3 aliphatic rings. The molecule has 5 atom stereocenters. The zero-order valence-electron chi connectivity index (χ0n) is 11.7. The van der Waals surface area contributed by atoms with Gasteiger partial charge in [0.1, 0.15) is 0 Å². The van der Waals surface area contributed by atoms with Crippen molar-refractivity contribution in [2.75, 3.05) is 0 Å². The van der Waals surface area contributed by atoms with Crippen molar-refractivity contribution in [3.63, 3.8) is 0 Å². The van der Waals surface area contributed by atoms with Crippen LogP contribution in [0.1, 0.15) is 65.7 Å². The Morgan fingerprint density at radius 1 is 1.00 bits per heavy atom. The first-order chi connectivity index (χ1) is 7.95. The SMILES string of the molecule is CC1(C)[C@@H]2CC[C@@]1(C)[C@@H]([C@@H]1CCC[C@@H](O)C1)C2. The molecule has 3 aliphatic carbocycles. The lowest BCUT2D eigenvalue weighted by atomic mass is 9.61. The average Bonchev–Trinajstić information content (AvgIpc) is 2.61. The summed E-state index contributed by atoms with van der Waals surface area (Å²) in [4.78, 5) is 0. The summed E-state index contributed by atoms with van der Waals surface area (Å²) in [5, 5.41) is 9.92. The van der Waals surface area contributed by atoms with E-state index in [0.717, 1.165) is 30.6 Å². The van der Waals surface area contributed by atoms with Crippen LogP contribution >= 0.6 is 0 Å². The lowest BCUT2D eigenvalue weighted by Crippen LogP contribution is -2.38. The Hall–Kier alpha value is -0.0400. The molecular weight excluding hydrogens is 208 g/mol. The molecule has 0 saturated heterocycles. The zero-order valence-corrected chi connectivity index (χ0v) is 11.7. The maximum Gasteiger partial charge on any atom is 0.0543 e. The van der Waals surface area contributed by atoms with Crippen LogP contribution in [-0.2, 0) is 0 Å². The average molecular weight is 236 g/mol. The number of aliphatic hydroxyl groups excluding tert-OH is 1. The van der Waals surface area contributed by atoms with Gasteiger partial charge in [0.05, 0.1) is 6.10 Å². The van der Waals surface area contributed by atoms with Crippen molar-refractivity contribution in [3.8, 4) is 0 Å². The normalized spacial score (nSPS) is 52.9. The number of fused-ring (bicyclic) bond motifs is 2. The summed E-state index contributed by atoms with van der Waals surface area (Å²) in [6, 6.07) is 0. The molecule has 0 unspecified atom stereocenters. The smallest absolute Gasteiger partial charge is 0.0543 e. The van der Waals surface area contributed by atoms with Gasteiger partial charge in [0.25, 0.3) is 0 Å². The van der Waals surface area contributed by atoms with E-state index in [2.05, 4.69) is 20.8 Å². The first-order valence-corrected chi connectivity index (χ1v) is 7.63. The second-order valence-electron chi connectivity index (χ2n) is 7.80. The van der Waals surface area contributed by atoms with Crippen molar-refractivity contribution < 1.29 is 5.11 Å². The van der Waals surface area contributed by atoms with Gasteiger partial charge in [-0.3, -0.25) is 0 Å². The zero-order chi connectivity index (χ0) is 12.3. The third-order valence-electron chi connectivity index (χ3n) is 7.12. The summed E-state index contributed by atoms with van der Waals surface area (Å²) >= 11 is 0. The van der Waals surface area contributed by atoms with Gasteiger partial charge < -0.3 is 5.11 Å². The lowest BCUT2D eigenvalue weighted by Gasteiger charge is -2.44. The molecule has 1 heteroatoms. The van der Waals surface area contributed by atoms with Crippen molar-refractivity contribution >= 4 is 0 Å². The Morgan fingerprint density at radius 2 is 1.76 bits per heavy atom. The van der Waals surface area contributed by atoms with Crippen LogP contribution in [0.3, 0.4) is 0 Å². The molecule has 0 aromatic rings. The minimum Gasteiger partial charge on any atom is -0.393 e. The highest BCUT2D eigenvalue weighted by atomic mass is 16.3. The van der Waals surface area contributed by atoms with Crippen molar-refractivity contribution in [2.45, 2.75) is 71.8 Å².